The van der Waals surface area contributed by atoms with Gasteiger partial charge < -0.3 is 25.3 Å². The molecule has 218 valence electrons. The van der Waals surface area contributed by atoms with Crippen LogP contribution in [0.4, 0.5) is 4.79 Å². The molecule has 3 N–H and O–H groups in total. The maximum absolute atomic E-state index is 13.3. The van der Waals surface area contributed by atoms with E-state index >= 15 is 0 Å². The molecule has 11 heteroatoms. The first-order chi connectivity index (χ1) is 20.0. The molecule has 3 amide bonds. The Morgan fingerprint density at radius 1 is 0.952 bits per heavy atom. The van der Waals surface area contributed by atoms with E-state index in [4.69, 9.17) is 16.3 Å². The van der Waals surface area contributed by atoms with Crippen molar-refractivity contribution in [3.05, 3.63) is 99.6 Å². The highest BCUT2D eigenvalue weighted by Gasteiger charge is 2.35. The molecule has 0 bridgehead atoms. The minimum absolute atomic E-state index is 0.147. The van der Waals surface area contributed by atoms with E-state index in [0.717, 1.165) is 10.9 Å². The van der Waals surface area contributed by atoms with Gasteiger partial charge in [-0.1, -0.05) is 23.7 Å². The van der Waals surface area contributed by atoms with Gasteiger partial charge in [-0.2, -0.15) is 0 Å². The van der Waals surface area contributed by atoms with Crippen molar-refractivity contribution in [2.24, 2.45) is 0 Å². The lowest BCUT2D eigenvalue weighted by atomic mass is 9.98. The lowest BCUT2D eigenvalue weighted by molar-refractivity contribution is 0.0161. The van der Waals surface area contributed by atoms with Crippen LogP contribution in [0, 0.1) is 0 Å². The molecule has 1 fully saturated rings. The summed E-state index contributed by atoms with van der Waals surface area (Å²) in [5.74, 6) is -0.685. The number of hydrogen-bond acceptors (Lipinski definition) is 5. The van der Waals surface area contributed by atoms with Crippen molar-refractivity contribution in [1.82, 2.24) is 25.1 Å². The minimum Gasteiger partial charge on any atom is -0.444 e. The maximum Gasteiger partial charge on any atom is 0.410 e. The van der Waals surface area contributed by atoms with Crippen molar-refractivity contribution in [1.29, 1.82) is 0 Å². The zero-order valence-corrected chi connectivity index (χ0v) is 24.3. The molecule has 0 spiro atoms. The largest absolute Gasteiger partial charge is 0.444 e. The van der Waals surface area contributed by atoms with Crippen molar-refractivity contribution in [3.63, 3.8) is 0 Å². The second-order valence-corrected chi connectivity index (χ2v) is 11.6. The summed E-state index contributed by atoms with van der Waals surface area (Å²) in [5.41, 5.74) is 1.30. The zero-order valence-electron chi connectivity index (χ0n) is 23.5. The number of aromatic amines is 1. The Balaban J connectivity index is 1.34. The van der Waals surface area contributed by atoms with Gasteiger partial charge in [0.05, 0.1) is 17.1 Å². The second-order valence-electron chi connectivity index (χ2n) is 11.2. The van der Waals surface area contributed by atoms with E-state index in [1.54, 1.807) is 87.8 Å². The molecule has 2 aromatic carbocycles. The number of fused-ring (bicyclic) bond motifs is 1. The number of benzene rings is 2. The van der Waals surface area contributed by atoms with E-state index in [0.29, 0.717) is 34.8 Å². The number of hydrogen-bond donors (Lipinski definition) is 3. The van der Waals surface area contributed by atoms with E-state index in [2.05, 4.69) is 15.6 Å². The quantitative estimate of drug-likeness (QED) is 0.316. The Hall–Kier alpha value is -4.57. The number of piperidine rings is 1. The molecule has 2 aromatic heterocycles. The molecule has 1 aliphatic heterocycles. The van der Waals surface area contributed by atoms with Gasteiger partial charge in [0, 0.05) is 59.3 Å². The third-order valence-corrected chi connectivity index (χ3v) is 7.33. The van der Waals surface area contributed by atoms with E-state index in [-0.39, 0.29) is 23.9 Å². The average Bonchev–Trinajstić information content (AvgIpc) is 3.33. The second kappa shape index (κ2) is 11.7. The number of nitrogens with one attached hydrogen (secondary N) is 3. The number of halogens is 1. The summed E-state index contributed by atoms with van der Waals surface area (Å²) in [6.45, 7) is 5.86. The van der Waals surface area contributed by atoms with Crippen molar-refractivity contribution in [2.45, 2.75) is 44.9 Å². The van der Waals surface area contributed by atoms with Gasteiger partial charge in [-0.3, -0.25) is 19.0 Å². The number of ether oxygens (including phenoxy) is 1. The van der Waals surface area contributed by atoms with Gasteiger partial charge in [0.25, 0.3) is 17.4 Å². The monoisotopic (exact) mass is 589 g/mol. The van der Waals surface area contributed by atoms with Crippen LogP contribution in [-0.4, -0.2) is 63.1 Å². The molecule has 2 atom stereocenters. The van der Waals surface area contributed by atoms with Crippen LogP contribution >= 0.6 is 11.6 Å². The molecule has 1 unspecified atom stereocenters. The molecular formula is C31H32ClN5O5. The number of likely N-dealkylation sites (tertiary alicyclic amines) is 1. The number of nitrogens with zero attached hydrogens (tertiary/aromatic N) is 2. The number of aromatic nitrogens is 2. The Morgan fingerprint density at radius 3 is 2.36 bits per heavy atom. The van der Waals surface area contributed by atoms with Crippen molar-refractivity contribution >= 4 is 40.4 Å². The standard InChI is InChI=1S/C31H32ClN5O5/c1-31(2,3)42-30(41)36-15-13-24(34-29(40)20-9-12-22-23(32)17-33-25(22)16-20)26(18-36)35-28(39)19-7-10-21(11-8-19)37-14-5-4-6-27(37)38/h4-12,14,16-17,24,26,33H,13,15,18H2,1-3H3,(H,34,40)(H,35,39)/t24-,26?/m1/s1. The third-order valence-electron chi connectivity index (χ3n) is 7.02. The fourth-order valence-corrected chi connectivity index (χ4v) is 5.13. The molecule has 5 rings (SSSR count). The van der Waals surface area contributed by atoms with Crippen LogP contribution in [0.25, 0.3) is 16.6 Å². The molecule has 4 aromatic rings. The Kier molecular flexibility index (Phi) is 8.08. The average molecular weight is 590 g/mol. The van der Waals surface area contributed by atoms with Crippen LogP contribution < -0.4 is 16.2 Å². The summed E-state index contributed by atoms with van der Waals surface area (Å²) in [6.07, 6.45) is 3.23. The molecular weight excluding hydrogens is 558 g/mol. The first-order valence-corrected chi connectivity index (χ1v) is 14.0. The van der Waals surface area contributed by atoms with Crippen molar-refractivity contribution in [2.75, 3.05) is 13.1 Å². The van der Waals surface area contributed by atoms with Crippen LogP contribution in [0.3, 0.4) is 0 Å². The molecule has 0 saturated carbocycles. The minimum atomic E-state index is -0.678. The number of carbonyl (C=O) groups excluding carboxylic acids is 3. The van der Waals surface area contributed by atoms with Gasteiger partial charge in [-0.05, 0) is 69.7 Å². The van der Waals surface area contributed by atoms with Crippen LogP contribution in [0.15, 0.2) is 77.9 Å². The number of carbonyl (C=O) groups is 3. The topological polar surface area (TPSA) is 126 Å². The molecule has 0 aliphatic carbocycles. The van der Waals surface area contributed by atoms with Gasteiger partial charge in [-0.25, -0.2) is 4.79 Å². The van der Waals surface area contributed by atoms with Gasteiger partial charge in [0.1, 0.15) is 5.60 Å². The SMILES string of the molecule is CC(C)(C)OC(=O)N1CC[C@@H](NC(=O)c2ccc3c(Cl)c[nH]c3c2)C(NC(=O)c2ccc(-n3ccccc3=O)cc2)C1. The van der Waals surface area contributed by atoms with Crippen molar-refractivity contribution in [3.8, 4) is 5.69 Å². The number of amides is 3. The first kappa shape index (κ1) is 28.9. The predicted octanol–water partition coefficient (Wildman–Crippen LogP) is 4.51. The van der Waals surface area contributed by atoms with E-state index < -0.39 is 23.8 Å². The molecule has 10 nitrogen and oxygen atoms in total. The Labute approximate surface area is 247 Å². The third kappa shape index (κ3) is 6.49. The van der Waals surface area contributed by atoms with Crippen LogP contribution in [0.1, 0.15) is 47.9 Å². The van der Waals surface area contributed by atoms with E-state index in [1.165, 1.54) is 15.5 Å². The van der Waals surface area contributed by atoms with Gasteiger partial charge in [0.2, 0.25) is 0 Å². The number of pyridine rings is 1. The van der Waals surface area contributed by atoms with Crippen molar-refractivity contribution < 1.29 is 19.1 Å². The fraction of sp³-hybridized carbons (Fsp3) is 0.290. The fourth-order valence-electron chi connectivity index (χ4n) is 4.91. The molecule has 0 radical (unpaired) electrons. The normalized spacial score (nSPS) is 17.1. The van der Waals surface area contributed by atoms with Gasteiger partial charge in [-0.15, -0.1) is 0 Å². The highest BCUT2D eigenvalue weighted by atomic mass is 35.5. The predicted molar refractivity (Wildman–Crippen MR) is 160 cm³/mol. The Bertz CT molecular complexity index is 1690. The summed E-state index contributed by atoms with van der Waals surface area (Å²) in [4.78, 5) is 56.2. The zero-order chi connectivity index (χ0) is 30.0. The molecule has 1 aliphatic rings. The summed E-state index contributed by atoms with van der Waals surface area (Å²) < 4.78 is 7.03. The summed E-state index contributed by atoms with van der Waals surface area (Å²) in [7, 11) is 0. The highest BCUT2D eigenvalue weighted by molar-refractivity contribution is 6.35. The van der Waals surface area contributed by atoms with Gasteiger partial charge in [0.15, 0.2) is 0 Å². The lowest BCUT2D eigenvalue weighted by Crippen LogP contribution is -2.61. The van der Waals surface area contributed by atoms with Crippen LogP contribution in [0.5, 0.6) is 0 Å². The van der Waals surface area contributed by atoms with E-state index in [1.807, 2.05) is 0 Å². The van der Waals surface area contributed by atoms with E-state index in [9.17, 15) is 19.2 Å². The van der Waals surface area contributed by atoms with Gasteiger partial charge >= 0.3 is 6.09 Å². The number of H-pyrrole nitrogens is 1. The maximum atomic E-state index is 13.3. The summed E-state index contributed by atoms with van der Waals surface area (Å²) in [5, 5.41) is 7.42. The number of rotatable bonds is 5. The lowest BCUT2D eigenvalue weighted by Gasteiger charge is -2.39. The summed E-state index contributed by atoms with van der Waals surface area (Å²) in [6, 6.07) is 15.6. The van der Waals surface area contributed by atoms with Crippen LogP contribution in [0.2, 0.25) is 5.02 Å². The molecule has 42 heavy (non-hydrogen) atoms. The molecule has 1 saturated heterocycles. The summed E-state index contributed by atoms with van der Waals surface area (Å²) >= 11 is 6.17. The highest BCUT2D eigenvalue weighted by Crippen LogP contribution is 2.24. The smallest absolute Gasteiger partial charge is 0.410 e. The van der Waals surface area contributed by atoms with Crippen LogP contribution in [-0.2, 0) is 4.74 Å². The Morgan fingerprint density at radius 2 is 1.64 bits per heavy atom. The first-order valence-electron chi connectivity index (χ1n) is 13.6. The molecule has 3 heterocycles.